The molecule has 2 aromatic carbocycles. The van der Waals surface area contributed by atoms with Gasteiger partial charge in [0.1, 0.15) is 0 Å². The fraction of sp³-hybridized carbons (Fsp3) is 0.136. The Morgan fingerprint density at radius 2 is 1.97 bits per heavy atom. The van der Waals surface area contributed by atoms with Crippen molar-refractivity contribution in [2.45, 2.75) is 13.3 Å². The first-order valence-corrected chi connectivity index (χ1v) is 9.54. The Morgan fingerprint density at radius 3 is 2.61 bits per heavy atom. The molecule has 0 spiro atoms. The molecule has 3 rings (SSSR count). The van der Waals surface area contributed by atoms with Crippen LogP contribution in [-0.2, 0) is 4.79 Å². The first-order valence-electron chi connectivity index (χ1n) is 9.16. The van der Waals surface area contributed by atoms with Gasteiger partial charge in [-0.15, -0.1) is 0 Å². The van der Waals surface area contributed by atoms with Crippen molar-refractivity contribution in [1.82, 2.24) is 9.78 Å². The second kappa shape index (κ2) is 8.93. The molecule has 3 aromatic rings. The number of nitrogens with one attached hydrogen (secondary N) is 1. The number of carbonyl (C=O) groups is 2. The van der Waals surface area contributed by atoms with Gasteiger partial charge in [0.2, 0.25) is 0 Å². The zero-order valence-electron chi connectivity index (χ0n) is 16.7. The highest BCUT2D eigenvalue weighted by molar-refractivity contribution is 6.33. The van der Waals surface area contributed by atoms with Crippen LogP contribution in [0, 0.1) is 0 Å². The molecule has 0 unspecified atom stereocenters. The molecule has 0 amide bonds. The van der Waals surface area contributed by atoms with Crippen LogP contribution in [0.1, 0.15) is 29.3 Å². The summed E-state index contributed by atoms with van der Waals surface area (Å²) >= 11 is 5.86. The number of carboxylic acids is 1. The van der Waals surface area contributed by atoms with Gasteiger partial charge < -0.3 is 19.4 Å². The van der Waals surface area contributed by atoms with E-state index in [1.54, 1.807) is 31.2 Å². The number of halogens is 1. The average Bonchev–Trinajstić information content (AvgIpc) is 3.03. The molecule has 0 aliphatic rings. The van der Waals surface area contributed by atoms with E-state index in [-0.39, 0.29) is 33.7 Å². The van der Waals surface area contributed by atoms with Gasteiger partial charge in [-0.3, -0.25) is 14.7 Å². The molecule has 1 aromatic heterocycles. The van der Waals surface area contributed by atoms with Crippen molar-refractivity contribution in [2.75, 3.05) is 7.11 Å². The summed E-state index contributed by atoms with van der Waals surface area (Å²) in [5.74, 6) is -1.26. The minimum Gasteiger partial charge on any atom is -0.545 e. The molecule has 1 heterocycles. The number of methoxy groups -OCH3 is 1. The van der Waals surface area contributed by atoms with Crippen LogP contribution in [0.2, 0.25) is 5.02 Å². The van der Waals surface area contributed by atoms with Crippen LogP contribution >= 0.6 is 11.6 Å². The van der Waals surface area contributed by atoms with E-state index in [2.05, 4.69) is 11.7 Å². The zero-order chi connectivity index (χ0) is 22.7. The van der Waals surface area contributed by atoms with Crippen LogP contribution in [0.4, 0.5) is 0 Å². The van der Waals surface area contributed by atoms with Crippen LogP contribution < -0.4 is 30.7 Å². The number of carbonyl (C=O) groups excluding carboxylic acids is 2. The van der Waals surface area contributed by atoms with Crippen LogP contribution in [0.5, 0.6) is 11.5 Å². The molecule has 0 aliphatic heterocycles. The quantitative estimate of drug-likeness (QED) is 0.446. The first kappa shape index (κ1) is 21.9. The van der Waals surface area contributed by atoms with Gasteiger partial charge in [0.05, 0.1) is 29.3 Å². The van der Waals surface area contributed by atoms with Crippen molar-refractivity contribution in [1.29, 1.82) is 0 Å². The predicted molar refractivity (Wildman–Crippen MR) is 113 cm³/mol. The Hall–Kier alpha value is -3.78. The summed E-state index contributed by atoms with van der Waals surface area (Å²) < 4.78 is 11.6. The molecular formula is C22H18ClN2O6-. The van der Waals surface area contributed by atoms with E-state index >= 15 is 0 Å². The Balaban J connectivity index is 2.08. The second-order valence-electron chi connectivity index (χ2n) is 6.48. The summed E-state index contributed by atoms with van der Waals surface area (Å²) in [5.41, 5.74) is 0.182. The summed E-state index contributed by atoms with van der Waals surface area (Å²) in [7, 11) is 1.44. The van der Waals surface area contributed by atoms with E-state index in [0.29, 0.717) is 16.7 Å². The third kappa shape index (κ3) is 4.54. The molecule has 8 nitrogen and oxygen atoms in total. The summed E-state index contributed by atoms with van der Waals surface area (Å²) in [6, 6.07) is 8.94. The van der Waals surface area contributed by atoms with Gasteiger partial charge in [-0.2, -0.15) is 0 Å². The highest BCUT2D eigenvalue weighted by Gasteiger charge is 2.11. The Morgan fingerprint density at radius 1 is 1.23 bits per heavy atom. The predicted octanol–water partition coefficient (Wildman–Crippen LogP) is 0.746. The number of H-pyrrole nitrogens is 1. The minimum absolute atomic E-state index is 0.000876. The van der Waals surface area contributed by atoms with Gasteiger partial charge in [0, 0.05) is 17.0 Å². The Kier molecular flexibility index (Phi) is 6.31. The Bertz CT molecular complexity index is 1340. The molecule has 1 N–H and O–H groups in total. The third-order valence-electron chi connectivity index (χ3n) is 4.44. The van der Waals surface area contributed by atoms with Crippen LogP contribution in [0.15, 0.2) is 41.2 Å². The van der Waals surface area contributed by atoms with E-state index in [0.717, 1.165) is 4.68 Å². The number of carboxylic acid groups (broad SMARTS) is 1. The van der Waals surface area contributed by atoms with Crippen molar-refractivity contribution in [2.24, 2.45) is 0 Å². The van der Waals surface area contributed by atoms with Crippen LogP contribution in [0.3, 0.4) is 0 Å². The van der Waals surface area contributed by atoms with Crippen molar-refractivity contribution in [3.8, 4) is 17.2 Å². The smallest absolute Gasteiger partial charge is 0.311 e. The van der Waals surface area contributed by atoms with Gasteiger partial charge >= 0.3 is 5.97 Å². The van der Waals surface area contributed by atoms with Crippen molar-refractivity contribution in [3.63, 3.8) is 0 Å². The van der Waals surface area contributed by atoms with E-state index in [1.807, 2.05) is 0 Å². The zero-order valence-corrected chi connectivity index (χ0v) is 17.5. The molecule has 0 fully saturated rings. The summed E-state index contributed by atoms with van der Waals surface area (Å²) in [6.07, 6.45) is 1.80. The van der Waals surface area contributed by atoms with Gasteiger partial charge in [0.15, 0.2) is 11.5 Å². The average molecular weight is 442 g/mol. The molecule has 31 heavy (non-hydrogen) atoms. The van der Waals surface area contributed by atoms with Gasteiger partial charge in [-0.25, -0.2) is 4.68 Å². The minimum atomic E-state index is -1.45. The topological polar surface area (TPSA) is 113 Å². The van der Waals surface area contributed by atoms with Gasteiger partial charge in [0.25, 0.3) is 5.56 Å². The van der Waals surface area contributed by atoms with Crippen LogP contribution in [-0.4, -0.2) is 28.8 Å². The molecule has 0 atom stereocenters. The first-order chi connectivity index (χ1) is 14.7. The van der Waals surface area contributed by atoms with E-state index in [1.165, 1.54) is 25.3 Å². The number of ether oxygens (including phenoxy) is 2. The Labute approximate surface area is 181 Å². The highest BCUT2D eigenvalue weighted by Crippen LogP contribution is 2.28. The number of hydrogen-bond acceptors (Lipinski definition) is 6. The largest absolute Gasteiger partial charge is 0.545 e. The maximum atomic E-state index is 12.9. The number of rotatable bonds is 6. The number of hydrogen-bond donors (Lipinski definition) is 1. The van der Waals surface area contributed by atoms with Crippen molar-refractivity contribution < 1.29 is 24.2 Å². The number of nitrogens with zero attached hydrogens (tertiary/aromatic N) is 1. The molecular weight excluding hydrogens is 424 g/mol. The van der Waals surface area contributed by atoms with Crippen LogP contribution in [0.25, 0.3) is 18.3 Å². The number of benzene rings is 2. The lowest BCUT2D eigenvalue weighted by Crippen LogP contribution is -2.34. The SMILES string of the molecule is C=c1[nH]n(-c2ccc(Cl)c(C(=O)[O-])c2)c(=O)/c1=C/c1ccc(OC(=O)CC)c(OC)c1. The third-order valence-corrected chi connectivity index (χ3v) is 4.77. The number of esters is 1. The maximum Gasteiger partial charge on any atom is 0.311 e. The summed E-state index contributed by atoms with van der Waals surface area (Å²) in [5, 5.41) is 14.6. The molecule has 0 saturated carbocycles. The fourth-order valence-corrected chi connectivity index (χ4v) is 3.05. The summed E-state index contributed by atoms with van der Waals surface area (Å²) in [6.45, 7) is 5.53. The normalized spacial score (nSPS) is 11.4. The van der Waals surface area contributed by atoms with Gasteiger partial charge in [-0.05, 0) is 42.0 Å². The lowest BCUT2D eigenvalue weighted by molar-refractivity contribution is -0.255. The standard InChI is InChI=1S/C22H19ClN2O6/c1-4-20(26)31-18-8-5-13(10-19(18)30-3)9-15-12(2)24-25(21(15)27)14-6-7-17(23)16(11-14)22(28)29/h5-11,24H,2,4H2,1,3H3,(H,28,29)/p-1/b15-9+. The number of aromatic nitrogens is 2. The molecule has 0 saturated heterocycles. The second-order valence-corrected chi connectivity index (χ2v) is 6.89. The lowest BCUT2D eigenvalue weighted by Gasteiger charge is -2.09. The molecule has 0 bridgehead atoms. The van der Waals surface area contributed by atoms with Gasteiger partial charge in [-0.1, -0.05) is 31.2 Å². The lowest BCUT2D eigenvalue weighted by atomic mass is 10.1. The van der Waals surface area contributed by atoms with E-state index in [4.69, 9.17) is 21.1 Å². The molecule has 0 aliphatic carbocycles. The maximum absolute atomic E-state index is 12.9. The molecule has 0 radical (unpaired) electrons. The molecule has 9 heteroatoms. The van der Waals surface area contributed by atoms with E-state index < -0.39 is 17.5 Å². The number of aromatic amines is 1. The monoisotopic (exact) mass is 441 g/mol. The highest BCUT2D eigenvalue weighted by atomic mass is 35.5. The number of aromatic carboxylic acids is 1. The van der Waals surface area contributed by atoms with E-state index in [9.17, 15) is 19.5 Å². The fourth-order valence-electron chi connectivity index (χ4n) is 2.85. The van der Waals surface area contributed by atoms with Crippen molar-refractivity contribution >= 4 is 36.2 Å². The molecule has 160 valence electrons. The van der Waals surface area contributed by atoms with Crippen molar-refractivity contribution in [3.05, 3.63) is 73.5 Å². The summed E-state index contributed by atoms with van der Waals surface area (Å²) in [4.78, 5) is 35.7.